The van der Waals surface area contributed by atoms with E-state index < -0.39 is 5.72 Å². The number of carbonyl (C=O) groups is 2. The van der Waals surface area contributed by atoms with Gasteiger partial charge in [0.05, 0.1) is 6.42 Å². The molecule has 258 valence electrons. The Bertz CT molecular complexity index is 596. The lowest BCUT2D eigenvalue weighted by Gasteiger charge is -2.17. The van der Waals surface area contributed by atoms with Crippen LogP contribution in [0.4, 0.5) is 0 Å². The number of halogens is 1. The quantitative estimate of drug-likeness (QED) is 0.0551. The number of unbranched alkanes of at least 4 members (excludes halogenated alkanes) is 28. The summed E-state index contributed by atoms with van der Waals surface area (Å²) in [5.41, 5.74) is 1.97. The van der Waals surface area contributed by atoms with Gasteiger partial charge in [-0.2, -0.15) is 0 Å². The molecule has 1 unspecified atom stereocenters. The Hall–Kier alpha value is -0.450. The van der Waals surface area contributed by atoms with Crippen molar-refractivity contribution in [1.82, 2.24) is 0 Å². The minimum absolute atomic E-state index is 0. The fourth-order valence-electron chi connectivity index (χ4n) is 6.10. The van der Waals surface area contributed by atoms with Crippen molar-refractivity contribution in [2.24, 2.45) is 0 Å². The van der Waals surface area contributed by atoms with Crippen LogP contribution in [0.5, 0.6) is 0 Å². The number of Topliss-reactive ketones (excluding diaryl/α,β-unsaturated/α-hetero) is 2. The first kappa shape index (κ1) is 44.7. The molecule has 4 N–H and O–H groups in total. The van der Waals surface area contributed by atoms with E-state index in [0.29, 0.717) is 12.8 Å². The molecule has 0 aliphatic rings. The molecule has 0 amide bonds. The molecular formula is C38H76ClNO3. The molecule has 0 aliphatic carbocycles. The number of rotatable bonds is 35. The van der Waals surface area contributed by atoms with Gasteiger partial charge in [0.25, 0.3) is 5.72 Å². The van der Waals surface area contributed by atoms with Gasteiger partial charge in [-0.1, -0.05) is 194 Å². The summed E-state index contributed by atoms with van der Waals surface area (Å²) in [5, 5.41) is 10.5. The second kappa shape index (κ2) is 34.4. The number of hydrogen-bond acceptors (Lipinski definition) is 3. The van der Waals surface area contributed by atoms with E-state index in [2.05, 4.69) is 19.6 Å². The van der Waals surface area contributed by atoms with E-state index in [4.69, 9.17) is 0 Å². The first-order chi connectivity index (χ1) is 20.4. The molecule has 1 atom stereocenters. The summed E-state index contributed by atoms with van der Waals surface area (Å²) >= 11 is 0. The second-order valence-electron chi connectivity index (χ2n) is 13.6. The van der Waals surface area contributed by atoms with E-state index >= 15 is 0 Å². The van der Waals surface area contributed by atoms with Gasteiger partial charge >= 0.3 is 0 Å². The van der Waals surface area contributed by atoms with E-state index in [1.54, 1.807) is 0 Å². The van der Waals surface area contributed by atoms with Crippen molar-refractivity contribution >= 4 is 11.6 Å². The van der Waals surface area contributed by atoms with Gasteiger partial charge in [0.2, 0.25) is 5.78 Å². The maximum Gasteiger partial charge on any atom is 0.263 e. The molecule has 0 saturated heterocycles. The highest BCUT2D eigenvalue weighted by molar-refractivity contribution is 5.91. The van der Waals surface area contributed by atoms with Gasteiger partial charge in [-0.15, -0.1) is 0 Å². The first-order valence-electron chi connectivity index (χ1n) is 19.1. The molecule has 0 aromatic carbocycles. The summed E-state index contributed by atoms with van der Waals surface area (Å²) in [4.78, 5) is 24.8. The summed E-state index contributed by atoms with van der Waals surface area (Å²) in [6.45, 7) is 4.55. The van der Waals surface area contributed by atoms with Gasteiger partial charge < -0.3 is 23.2 Å². The Morgan fingerprint density at radius 1 is 0.442 bits per heavy atom. The van der Waals surface area contributed by atoms with Gasteiger partial charge in [0.15, 0.2) is 0 Å². The van der Waals surface area contributed by atoms with Crippen LogP contribution in [0.15, 0.2) is 0 Å². The lowest BCUT2D eigenvalue weighted by atomic mass is 9.95. The predicted molar refractivity (Wildman–Crippen MR) is 182 cm³/mol. The van der Waals surface area contributed by atoms with Crippen molar-refractivity contribution in [2.45, 2.75) is 231 Å². The number of ketones is 2. The number of hydrogen-bond donors (Lipinski definition) is 2. The van der Waals surface area contributed by atoms with Gasteiger partial charge in [-0.3, -0.25) is 9.59 Å². The van der Waals surface area contributed by atoms with Crippen LogP contribution < -0.4 is 18.1 Å². The fraction of sp³-hybridized carbons (Fsp3) is 0.947. The molecule has 43 heavy (non-hydrogen) atoms. The van der Waals surface area contributed by atoms with Crippen LogP contribution in [0.1, 0.15) is 226 Å². The summed E-state index contributed by atoms with van der Waals surface area (Å²) in [5.74, 6) is -0.283. The monoisotopic (exact) mass is 630 g/mol. The van der Waals surface area contributed by atoms with Crippen LogP contribution in [-0.4, -0.2) is 22.4 Å². The van der Waals surface area contributed by atoms with Crippen molar-refractivity contribution in [3.05, 3.63) is 0 Å². The van der Waals surface area contributed by atoms with E-state index in [9.17, 15) is 14.7 Å². The summed E-state index contributed by atoms with van der Waals surface area (Å²) in [6.07, 6.45) is 39.5. The van der Waals surface area contributed by atoms with Crippen LogP contribution in [0, 0.1) is 0 Å². The zero-order valence-corrected chi connectivity index (χ0v) is 29.9. The van der Waals surface area contributed by atoms with Crippen LogP contribution in [0.2, 0.25) is 0 Å². The van der Waals surface area contributed by atoms with E-state index in [1.807, 2.05) is 0 Å². The van der Waals surface area contributed by atoms with Crippen molar-refractivity contribution in [2.75, 3.05) is 0 Å². The van der Waals surface area contributed by atoms with Crippen LogP contribution in [0.25, 0.3) is 0 Å². The summed E-state index contributed by atoms with van der Waals surface area (Å²) < 4.78 is 0. The number of quaternary nitrogens is 1. The molecule has 4 nitrogen and oxygen atoms in total. The van der Waals surface area contributed by atoms with Crippen molar-refractivity contribution in [1.29, 1.82) is 0 Å². The highest BCUT2D eigenvalue weighted by Crippen LogP contribution is 2.17. The van der Waals surface area contributed by atoms with Gasteiger partial charge in [0.1, 0.15) is 5.78 Å². The molecule has 0 spiro atoms. The Kier molecular flexibility index (Phi) is 35.8. The zero-order chi connectivity index (χ0) is 31.0. The van der Waals surface area contributed by atoms with Crippen molar-refractivity contribution in [3.8, 4) is 0 Å². The summed E-state index contributed by atoms with van der Waals surface area (Å²) in [7, 11) is 0. The highest BCUT2D eigenvalue weighted by Gasteiger charge is 2.36. The minimum atomic E-state index is -1.73. The number of carbonyl (C=O) groups excluding carboxylic acids is 2. The highest BCUT2D eigenvalue weighted by atomic mass is 35.5. The molecule has 0 radical (unpaired) electrons. The molecule has 0 aliphatic heterocycles. The summed E-state index contributed by atoms with van der Waals surface area (Å²) in [6, 6.07) is 0. The fourth-order valence-corrected chi connectivity index (χ4v) is 6.10. The molecule has 0 rings (SSSR count). The van der Waals surface area contributed by atoms with E-state index in [-0.39, 0.29) is 30.4 Å². The number of aliphatic hydroxyl groups is 1. The third kappa shape index (κ3) is 32.7. The van der Waals surface area contributed by atoms with Crippen molar-refractivity contribution < 1.29 is 32.8 Å². The van der Waals surface area contributed by atoms with Crippen LogP contribution >= 0.6 is 0 Å². The second-order valence-corrected chi connectivity index (χ2v) is 13.6. The van der Waals surface area contributed by atoms with Gasteiger partial charge in [0, 0.05) is 12.8 Å². The SMILES string of the molecule is CCCCCCCCCCCCCCCCCC(=O)CC([NH3+])(O)C(=O)CCCCCCCCCCCCCCCCC.[Cl-]. The molecule has 0 saturated carbocycles. The lowest BCUT2D eigenvalue weighted by Crippen LogP contribution is -3.00. The smallest absolute Gasteiger partial charge is 0.263 e. The third-order valence-electron chi connectivity index (χ3n) is 9.08. The minimum Gasteiger partial charge on any atom is -1.00 e. The first-order valence-corrected chi connectivity index (χ1v) is 19.1. The average molecular weight is 630 g/mol. The standard InChI is InChI=1S/C38H75NO3.ClH/c1-3-5-7-9-11-13-15-17-19-21-23-25-27-29-31-33-36(40)35-38(39,42)37(41)34-32-30-28-26-24-22-20-18-16-14-12-10-8-6-4-2;/h42H,3-35,39H2,1-2H3;1H. The Morgan fingerprint density at radius 2 is 0.674 bits per heavy atom. The van der Waals surface area contributed by atoms with Crippen LogP contribution in [0.3, 0.4) is 0 Å². The van der Waals surface area contributed by atoms with Crippen molar-refractivity contribution in [3.63, 3.8) is 0 Å². The predicted octanol–water partition coefficient (Wildman–Crippen LogP) is 7.97. The normalized spacial score (nSPS) is 12.7. The largest absolute Gasteiger partial charge is 1.00 e. The molecule has 0 aromatic rings. The maximum atomic E-state index is 12.5. The van der Waals surface area contributed by atoms with E-state index in [0.717, 1.165) is 32.1 Å². The lowest BCUT2D eigenvalue weighted by molar-refractivity contribution is -0.522. The topological polar surface area (TPSA) is 82.0 Å². The Morgan fingerprint density at radius 3 is 0.953 bits per heavy atom. The van der Waals surface area contributed by atoms with Gasteiger partial charge in [-0.05, 0) is 12.8 Å². The van der Waals surface area contributed by atoms with E-state index in [1.165, 1.54) is 161 Å². The van der Waals surface area contributed by atoms with Crippen LogP contribution in [-0.2, 0) is 9.59 Å². The molecule has 5 heteroatoms. The van der Waals surface area contributed by atoms with Gasteiger partial charge in [-0.25, -0.2) is 0 Å². The molecule has 0 fully saturated rings. The molecule has 0 bridgehead atoms. The maximum absolute atomic E-state index is 12.5. The Balaban J connectivity index is 0. The zero-order valence-electron chi connectivity index (χ0n) is 29.2. The average Bonchev–Trinajstić information content (AvgIpc) is 2.96. The molecular weight excluding hydrogens is 554 g/mol. The molecule has 0 aromatic heterocycles. The molecule has 0 heterocycles. The third-order valence-corrected chi connectivity index (χ3v) is 9.08. The Labute approximate surface area is 275 Å².